The lowest BCUT2D eigenvalue weighted by Crippen LogP contribution is -2.26. The number of hydrogen-bond acceptors (Lipinski definition) is 3. The van der Waals surface area contributed by atoms with Crippen molar-refractivity contribution in [1.29, 1.82) is 0 Å². The topological polar surface area (TPSA) is 34.5 Å². The molecule has 4 nitrogen and oxygen atoms in total. The van der Waals surface area contributed by atoms with Crippen LogP contribution in [0.1, 0.15) is 38.2 Å². The Hall–Kier alpha value is -7.95. The lowest BCUT2D eigenvalue weighted by Gasteiger charge is -2.33. The smallest absolute Gasteiger partial charge is 0.193 e. The number of benzene rings is 9. The van der Waals surface area contributed by atoms with Gasteiger partial charge in [-0.05, 0) is 117 Å². The minimum absolute atomic E-state index is 0.00822. The van der Waals surface area contributed by atoms with Gasteiger partial charge in [0.05, 0.1) is 27.8 Å². The molecule has 10 aromatic rings. The number of ketones is 1. The van der Waals surface area contributed by atoms with Crippen LogP contribution in [0.4, 0.5) is 17.1 Å². The first kappa shape index (κ1) is 33.1. The highest BCUT2D eigenvalue weighted by Crippen LogP contribution is 2.63. The molecule has 1 aromatic heterocycles. The molecule has 4 heteroatoms. The molecule has 0 atom stereocenters. The van der Waals surface area contributed by atoms with Crippen molar-refractivity contribution in [2.75, 3.05) is 4.90 Å². The van der Waals surface area contributed by atoms with Crippen LogP contribution >= 0.6 is 0 Å². The molecule has 60 heavy (non-hydrogen) atoms. The third-order valence-corrected chi connectivity index (χ3v) is 13.0. The lowest BCUT2D eigenvalue weighted by atomic mass is 9.70. The average molecular weight is 767 g/mol. The van der Waals surface area contributed by atoms with E-state index in [0.717, 1.165) is 61.6 Å². The van der Waals surface area contributed by atoms with E-state index in [4.69, 9.17) is 4.74 Å². The number of fused-ring (bicyclic) bond motifs is 16. The van der Waals surface area contributed by atoms with E-state index >= 15 is 0 Å². The first-order valence-electron chi connectivity index (χ1n) is 20.5. The third-order valence-electron chi connectivity index (χ3n) is 13.0. The Labute approximate surface area is 346 Å². The number of ether oxygens (including phenoxy) is 1. The van der Waals surface area contributed by atoms with Crippen molar-refractivity contribution < 1.29 is 9.53 Å². The van der Waals surface area contributed by atoms with E-state index in [1.54, 1.807) is 0 Å². The van der Waals surface area contributed by atoms with Crippen LogP contribution in [-0.4, -0.2) is 10.4 Å². The molecule has 0 unspecified atom stereocenters. The van der Waals surface area contributed by atoms with E-state index < -0.39 is 5.41 Å². The summed E-state index contributed by atoms with van der Waals surface area (Å²) in [5.41, 5.74) is 16.8. The number of carbonyl (C=O) groups is 1. The van der Waals surface area contributed by atoms with Crippen molar-refractivity contribution in [2.45, 2.75) is 5.41 Å². The van der Waals surface area contributed by atoms with Gasteiger partial charge in [0.1, 0.15) is 0 Å². The molecule has 2 aliphatic carbocycles. The molecule has 0 fully saturated rings. The van der Waals surface area contributed by atoms with Gasteiger partial charge in [-0.1, -0.05) is 133 Å². The average Bonchev–Trinajstić information content (AvgIpc) is 3.93. The number of rotatable bonds is 4. The fourth-order valence-corrected chi connectivity index (χ4v) is 10.6. The van der Waals surface area contributed by atoms with E-state index in [9.17, 15) is 4.79 Å². The second kappa shape index (κ2) is 12.3. The Balaban J connectivity index is 0.950. The molecule has 9 aromatic carbocycles. The highest BCUT2D eigenvalue weighted by atomic mass is 16.5. The molecule has 0 amide bonds. The van der Waals surface area contributed by atoms with E-state index in [-0.39, 0.29) is 5.78 Å². The first-order valence-corrected chi connectivity index (χ1v) is 20.5. The first-order chi connectivity index (χ1) is 29.7. The molecule has 280 valence electrons. The molecule has 13 rings (SSSR count). The summed E-state index contributed by atoms with van der Waals surface area (Å²) < 4.78 is 8.99. The normalized spacial score (nSPS) is 13.6. The van der Waals surface area contributed by atoms with Gasteiger partial charge in [-0.3, -0.25) is 4.79 Å². The molecule has 0 bridgehead atoms. The van der Waals surface area contributed by atoms with E-state index in [0.29, 0.717) is 11.1 Å². The van der Waals surface area contributed by atoms with Gasteiger partial charge in [0.25, 0.3) is 0 Å². The third kappa shape index (κ3) is 4.32. The number of carbonyl (C=O) groups excluding carboxylic acids is 1. The Morgan fingerprint density at radius 2 is 1.02 bits per heavy atom. The number of anilines is 3. The van der Waals surface area contributed by atoms with Crippen LogP contribution in [0.5, 0.6) is 11.5 Å². The Bertz CT molecular complexity index is 3370. The van der Waals surface area contributed by atoms with Crippen molar-refractivity contribution in [3.05, 3.63) is 240 Å². The SMILES string of the molecule is O=C(c1ccc(N2c3ccccc3Oc3ccc4c(c32)c2ccccc2n4-c2ccccc2)cc1)c1ccc2c(c1)C1(c3ccccc3-c3ccccc31)c1ccccc1-2. The number of aromatic nitrogens is 1. The zero-order valence-corrected chi connectivity index (χ0v) is 32.3. The number of nitrogens with zero attached hydrogens (tertiary/aromatic N) is 2. The van der Waals surface area contributed by atoms with Crippen LogP contribution in [0, 0.1) is 0 Å². The summed E-state index contributed by atoms with van der Waals surface area (Å²) >= 11 is 0. The molecule has 0 saturated heterocycles. The van der Waals surface area contributed by atoms with Crippen molar-refractivity contribution >= 4 is 44.7 Å². The highest BCUT2D eigenvalue weighted by Gasteiger charge is 2.51. The minimum Gasteiger partial charge on any atom is -0.453 e. The largest absolute Gasteiger partial charge is 0.453 e. The summed E-state index contributed by atoms with van der Waals surface area (Å²) in [5.74, 6) is 1.55. The van der Waals surface area contributed by atoms with Gasteiger partial charge in [-0.2, -0.15) is 0 Å². The highest BCUT2D eigenvalue weighted by molar-refractivity contribution is 6.19. The van der Waals surface area contributed by atoms with E-state index in [1.165, 1.54) is 38.9 Å². The van der Waals surface area contributed by atoms with Crippen molar-refractivity contribution in [2.24, 2.45) is 0 Å². The van der Waals surface area contributed by atoms with Crippen molar-refractivity contribution in [1.82, 2.24) is 4.57 Å². The van der Waals surface area contributed by atoms with Crippen LogP contribution in [0.25, 0.3) is 49.7 Å². The molecule has 3 aliphatic rings. The summed E-state index contributed by atoms with van der Waals surface area (Å²) in [6, 6.07) is 72.2. The zero-order valence-electron chi connectivity index (χ0n) is 32.3. The maximum Gasteiger partial charge on any atom is 0.193 e. The summed E-state index contributed by atoms with van der Waals surface area (Å²) in [6.45, 7) is 0. The Kier molecular flexibility index (Phi) is 6.77. The summed E-state index contributed by atoms with van der Waals surface area (Å²) in [5, 5.41) is 2.24. The van der Waals surface area contributed by atoms with Crippen LogP contribution in [0.2, 0.25) is 0 Å². The maximum atomic E-state index is 14.7. The molecule has 1 spiro atoms. The van der Waals surface area contributed by atoms with E-state index in [2.05, 4.69) is 173 Å². The van der Waals surface area contributed by atoms with Gasteiger partial charge >= 0.3 is 0 Å². The zero-order chi connectivity index (χ0) is 39.5. The Morgan fingerprint density at radius 1 is 0.433 bits per heavy atom. The van der Waals surface area contributed by atoms with Gasteiger partial charge in [0.2, 0.25) is 0 Å². The lowest BCUT2D eigenvalue weighted by molar-refractivity contribution is 0.103. The fraction of sp³-hybridized carbons (Fsp3) is 0.0179. The van der Waals surface area contributed by atoms with Gasteiger partial charge in [0, 0.05) is 33.3 Å². The molecule has 2 heterocycles. The molecular weight excluding hydrogens is 733 g/mol. The standard InChI is InChI=1S/C56H34N2O2/c59-55(36-28-31-42-41-18-6-10-22-46(41)56(47(42)34-36)44-20-8-4-16-39(44)40-17-5-9-21-45(40)56)35-26-29-38(30-27-35)58-49-24-12-13-25-51(49)60-52-33-32-50-53(54(52)58)43-19-7-11-23-48(43)57(50)37-14-2-1-3-15-37/h1-34H. The minimum atomic E-state index is -0.509. The maximum absolute atomic E-state index is 14.7. The second-order valence-electron chi connectivity index (χ2n) is 15.9. The van der Waals surface area contributed by atoms with Gasteiger partial charge in [0.15, 0.2) is 17.3 Å². The quantitative estimate of drug-likeness (QED) is 0.167. The van der Waals surface area contributed by atoms with E-state index in [1.807, 2.05) is 42.5 Å². The predicted octanol–water partition coefficient (Wildman–Crippen LogP) is 13.9. The molecule has 0 saturated carbocycles. The monoisotopic (exact) mass is 766 g/mol. The summed E-state index contributed by atoms with van der Waals surface area (Å²) in [6.07, 6.45) is 0. The fourth-order valence-electron chi connectivity index (χ4n) is 10.6. The molecule has 1 aliphatic heterocycles. The molecular formula is C56H34N2O2. The number of hydrogen-bond donors (Lipinski definition) is 0. The number of para-hydroxylation sites is 4. The van der Waals surface area contributed by atoms with Crippen LogP contribution in [-0.2, 0) is 5.41 Å². The second-order valence-corrected chi connectivity index (χ2v) is 15.9. The van der Waals surface area contributed by atoms with Gasteiger partial charge < -0.3 is 14.2 Å². The van der Waals surface area contributed by atoms with Crippen LogP contribution in [0.15, 0.2) is 206 Å². The molecule has 0 N–H and O–H groups in total. The van der Waals surface area contributed by atoms with Crippen LogP contribution in [0.3, 0.4) is 0 Å². The molecule has 0 radical (unpaired) electrons. The summed E-state index contributed by atoms with van der Waals surface area (Å²) in [7, 11) is 0. The Morgan fingerprint density at radius 3 is 1.73 bits per heavy atom. The predicted molar refractivity (Wildman–Crippen MR) is 242 cm³/mol. The van der Waals surface area contributed by atoms with Crippen LogP contribution < -0.4 is 9.64 Å². The van der Waals surface area contributed by atoms with Gasteiger partial charge in [-0.25, -0.2) is 0 Å². The summed E-state index contributed by atoms with van der Waals surface area (Å²) in [4.78, 5) is 17.0. The van der Waals surface area contributed by atoms with Crippen molar-refractivity contribution in [3.8, 4) is 39.4 Å². The van der Waals surface area contributed by atoms with Crippen molar-refractivity contribution in [3.63, 3.8) is 0 Å². The van der Waals surface area contributed by atoms with Gasteiger partial charge in [-0.15, -0.1) is 0 Å².